The average molecular weight is 343 g/mol. The van der Waals surface area contributed by atoms with Crippen LogP contribution in [0.2, 0.25) is 0 Å². The third-order valence-electron chi connectivity index (χ3n) is 4.82. The van der Waals surface area contributed by atoms with Crippen LogP contribution in [0.25, 0.3) is 0 Å². The first kappa shape index (κ1) is 17.4. The minimum atomic E-state index is 0.156. The van der Waals surface area contributed by atoms with Crippen molar-refractivity contribution < 1.29 is 18.9 Å². The Morgan fingerprint density at radius 3 is 2.16 bits per heavy atom. The van der Waals surface area contributed by atoms with Crippen molar-refractivity contribution in [3.8, 4) is 23.0 Å². The highest BCUT2D eigenvalue weighted by molar-refractivity contribution is 5.54. The van der Waals surface area contributed by atoms with E-state index in [0.29, 0.717) is 0 Å². The zero-order valence-corrected chi connectivity index (χ0v) is 15.4. The summed E-state index contributed by atoms with van der Waals surface area (Å²) in [7, 11) is 6.66. The lowest BCUT2D eigenvalue weighted by Crippen LogP contribution is -2.32. The highest BCUT2D eigenvalue weighted by Crippen LogP contribution is 2.42. The largest absolute Gasteiger partial charge is 0.493 e. The van der Waals surface area contributed by atoms with Gasteiger partial charge in [-0.3, -0.25) is 0 Å². The number of rotatable bonds is 5. The van der Waals surface area contributed by atoms with E-state index in [2.05, 4.69) is 24.4 Å². The van der Waals surface area contributed by atoms with E-state index >= 15 is 0 Å². The molecule has 0 aromatic heterocycles. The fourth-order valence-electron chi connectivity index (χ4n) is 3.56. The van der Waals surface area contributed by atoms with E-state index in [-0.39, 0.29) is 12.1 Å². The molecular weight excluding hydrogens is 318 g/mol. The summed E-state index contributed by atoms with van der Waals surface area (Å²) in [6, 6.07) is 10.5. The number of benzene rings is 2. The van der Waals surface area contributed by atoms with Gasteiger partial charge >= 0.3 is 0 Å². The lowest BCUT2D eigenvalue weighted by molar-refractivity contribution is 0.340. The topological polar surface area (TPSA) is 49.0 Å². The van der Waals surface area contributed by atoms with Crippen LogP contribution in [0.5, 0.6) is 23.0 Å². The van der Waals surface area contributed by atoms with Gasteiger partial charge in [0.2, 0.25) is 0 Å². The Balaban J connectivity index is 2.00. The summed E-state index contributed by atoms with van der Waals surface area (Å²) in [6.45, 7) is 2.16. The molecule has 5 nitrogen and oxygen atoms in total. The maximum atomic E-state index is 5.65. The van der Waals surface area contributed by atoms with E-state index in [1.54, 1.807) is 28.4 Å². The molecular formula is C20H25NO4. The SMILES string of the molecule is COc1ccc([C@@H]2Cc3c(ccc(OC)c3OC)[C@H](C)N2)cc1OC. The quantitative estimate of drug-likeness (QED) is 0.898. The molecule has 0 radical (unpaired) electrons. The van der Waals surface area contributed by atoms with E-state index in [9.17, 15) is 0 Å². The van der Waals surface area contributed by atoms with Crippen molar-refractivity contribution in [3.63, 3.8) is 0 Å². The number of fused-ring (bicyclic) bond motifs is 1. The molecule has 2 aromatic carbocycles. The fraction of sp³-hybridized carbons (Fsp3) is 0.400. The Bertz CT molecular complexity index is 760. The van der Waals surface area contributed by atoms with E-state index in [0.717, 1.165) is 35.0 Å². The van der Waals surface area contributed by atoms with Gasteiger partial charge in [-0.05, 0) is 42.7 Å². The van der Waals surface area contributed by atoms with Crippen molar-refractivity contribution >= 4 is 0 Å². The molecule has 1 aliphatic rings. The predicted octanol–water partition coefficient (Wildman–Crippen LogP) is 3.67. The van der Waals surface area contributed by atoms with Crippen molar-refractivity contribution in [3.05, 3.63) is 47.0 Å². The summed E-state index contributed by atoms with van der Waals surface area (Å²) in [5.41, 5.74) is 3.59. The van der Waals surface area contributed by atoms with Crippen LogP contribution < -0.4 is 24.3 Å². The van der Waals surface area contributed by atoms with Gasteiger partial charge in [-0.2, -0.15) is 0 Å². The number of methoxy groups -OCH3 is 4. The monoisotopic (exact) mass is 343 g/mol. The molecule has 25 heavy (non-hydrogen) atoms. The molecule has 0 aliphatic carbocycles. The number of ether oxygens (including phenoxy) is 4. The van der Waals surface area contributed by atoms with Crippen molar-refractivity contribution in [2.24, 2.45) is 0 Å². The zero-order chi connectivity index (χ0) is 18.0. The van der Waals surface area contributed by atoms with Crippen molar-refractivity contribution in [2.45, 2.75) is 25.4 Å². The molecule has 1 N–H and O–H groups in total. The second kappa shape index (κ2) is 7.23. The molecule has 0 spiro atoms. The molecule has 2 atom stereocenters. The van der Waals surface area contributed by atoms with Crippen LogP contribution in [-0.4, -0.2) is 28.4 Å². The van der Waals surface area contributed by atoms with Crippen molar-refractivity contribution in [1.29, 1.82) is 0 Å². The first-order chi connectivity index (χ1) is 12.1. The van der Waals surface area contributed by atoms with E-state index in [1.165, 1.54) is 11.1 Å². The van der Waals surface area contributed by atoms with E-state index < -0.39 is 0 Å². The minimum Gasteiger partial charge on any atom is -0.493 e. The molecule has 1 aliphatic heterocycles. The second-order valence-corrected chi connectivity index (χ2v) is 6.13. The van der Waals surface area contributed by atoms with Gasteiger partial charge < -0.3 is 24.3 Å². The molecule has 0 bridgehead atoms. The molecule has 0 unspecified atom stereocenters. The van der Waals surface area contributed by atoms with Crippen molar-refractivity contribution in [1.82, 2.24) is 5.32 Å². The van der Waals surface area contributed by atoms with Crippen LogP contribution in [0.15, 0.2) is 30.3 Å². The Kier molecular flexibility index (Phi) is 5.04. The number of nitrogens with one attached hydrogen (secondary N) is 1. The van der Waals surface area contributed by atoms with Gasteiger partial charge in [0, 0.05) is 17.6 Å². The van der Waals surface area contributed by atoms with E-state index in [1.807, 2.05) is 18.2 Å². The van der Waals surface area contributed by atoms with Crippen LogP contribution in [0.4, 0.5) is 0 Å². The molecule has 3 rings (SSSR count). The average Bonchev–Trinajstić information content (AvgIpc) is 2.66. The summed E-state index contributed by atoms with van der Waals surface area (Å²) in [5, 5.41) is 3.67. The standard InChI is InChI=1S/C20H25NO4/c1-12-14-7-9-18(23-3)20(25-5)15(14)11-16(21-12)13-6-8-17(22-2)19(10-13)24-4/h6-10,12,16,21H,11H2,1-5H3/t12-,16-/m0/s1. The molecule has 2 aromatic rings. The first-order valence-corrected chi connectivity index (χ1v) is 8.34. The lowest BCUT2D eigenvalue weighted by Gasteiger charge is -2.33. The smallest absolute Gasteiger partial charge is 0.164 e. The molecule has 5 heteroatoms. The highest BCUT2D eigenvalue weighted by atomic mass is 16.5. The number of hydrogen-bond donors (Lipinski definition) is 1. The molecule has 0 amide bonds. The van der Waals surface area contributed by atoms with Gasteiger partial charge in [0.05, 0.1) is 28.4 Å². The van der Waals surface area contributed by atoms with Gasteiger partial charge in [-0.15, -0.1) is 0 Å². The fourth-order valence-corrected chi connectivity index (χ4v) is 3.56. The third-order valence-corrected chi connectivity index (χ3v) is 4.82. The minimum absolute atomic E-state index is 0.156. The predicted molar refractivity (Wildman–Crippen MR) is 97.1 cm³/mol. The van der Waals surface area contributed by atoms with Gasteiger partial charge in [-0.1, -0.05) is 12.1 Å². The Morgan fingerprint density at radius 2 is 1.52 bits per heavy atom. The van der Waals surface area contributed by atoms with Crippen LogP contribution >= 0.6 is 0 Å². The molecule has 134 valence electrons. The lowest BCUT2D eigenvalue weighted by atomic mass is 9.87. The van der Waals surface area contributed by atoms with Gasteiger partial charge in [-0.25, -0.2) is 0 Å². The summed E-state index contributed by atoms with van der Waals surface area (Å²) in [5.74, 6) is 3.05. The van der Waals surface area contributed by atoms with Crippen LogP contribution in [0.1, 0.15) is 35.7 Å². The summed E-state index contributed by atoms with van der Waals surface area (Å²) in [6.07, 6.45) is 0.815. The molecule has 1 heterocycles. The third kappa shape index (κ3) is 3.12. The van der Waals surface area contributed by atoms with Gasteiger partial charge in [0.1, 0.15) is 0 Å². The number of hydrogen-bond acceptors (Lipinski definition) is 5. The summed E-state index contributed by atoms with van der Waals surface area (Å²) < 4.78 is 21.9. The van der Waals surface area contributed by atoms with E-state index in [4.69, 9.17) is 18.9 Å². The maximum absolute atomic E-state index is 5.65. The van der Waals surface area contributed by atoms with Crippen molar-refractivity contribution in [2.75, 3.05) is 28.4 Å². The Labute approximate surface area is 148 Å². The highest BCUT2D eigenvalue weighted by Gasteiger charge is 2.29. The van der Waals surface area contributed by atoms with Crippen LogP contribution in [0.3, 0.4) is 0 Å². The molecule has 0 saturated carbocycles. The van der Waals surface area contributed by atoms with Gasteiger partial charge in [0.25, 0.3) is 0 Å². The molecule has 0 saturated heterocycles. The Hall–Kier alpha value is -2.40. The summed E-state index contributed by atoms with van der Waals surface area (Å²) >= 11 is 0. The second-order valence-electron chi connectivity index (χ2n) is 6.13. The van der Waals surface area contributed by atoms with Crippen LogP contribution in [0, 0.1) is 0 Å². The van der Waals surface area contributed by atoms with Crippen LogP contribution in [-0.2, 0) is 6.42 Å². The first-order valence-electron chi connectivity index (χ1n) is 8.34. The summed E-state index contributed by atoms with van der Waals surface area (Å²) in [4.78, 5) is 0. The zero-order valence-electron chi connectivity index (χ0n) is 15.4. The van der Waals surface area contributed by atoms with Gasteiger partial charge in [0.15, 0.2) is 23.0 Å². The normalized spacial score (nSPS) is 19.1. The maximum Gasteiger partial charge on any atom is 0.164 e. The Morgan fingerprint density at radius 1 is 0.840 bits per heavy atom. The molecule has 0 fully saturated rings.